The lowest BCUT2D eigenvalue weighted by atomic mass is 9.99. The highest BCUT2D eigenvalue weighted by molar-refractivity contribution is 6.37. The Balaban J connectivity index is 2.14. The van der Waals surface area contributed by atoms with E-state index in [1.165, 1.54) is 4.57 Å². The van der Waals surface area contributed by atoms with Crippen molar-refractivity contribution >= 4 is 17.3 Å². The fourth-order valence-electron chi connectivity index (χ4n) is 3.32. The lowest BCUT2D eigenvalue weighted by molar-refractivity contribution is -0.141. The van der Waals surface area contributed by atoms with Crippen LogP contribution in [0.4, 0.5) is 22.0 Å². The number of aryl methyl sites for hydroxylation is 1. The molecule has 10 heteroatoms. The molecule has 0 saturated carbocycles. The Hall–Kier alpha value is -2.81. The molecule has 1 atom stereocenters. The van der Waals surface area contributed by atoms with Gasteiger partial charge in [-0.1, -0.05) is 17.7 Å². The maximum atomic E-state index is 14.5. The molecule has 0 fully saturated rings. The number of alkyl halides is 3. The van der Waals surface area contributed by atoms with E-state index in [9.17, 15) is 22.0 Å². The fourth-order valence-corrected chi connectivity index (χ4v) is 3.66. The number of benzene rings is 1. The molecule has 0 saturated heterocycles. The minimum atomic E-state index is -4.86. The minimum Gasteiger partial charge on any atom is -0.299 e. The van der Waals surface area contributed by atoms with E-state index in [1.807, 2.05) is 0 Å². The summed E-state index contributed by atoms with van der Waals surface area (Å²) in [7, 11) is 0. The molecule has 0 amide bonds. The van der Waals surface area contributed by atoms with Gasteiger partial charge in [-0.3, -0.25) is 9.56 Å². The molecule has 0 spiro atoms. The van der Waals surface area contributed by atoms with Crippen LogP contribution in [0.15, 0.2) is 35.6 Å². The molecular weight excluding hydrogens is 415 g/mol. The van der Waals surface area contributed by atoms with Crippen LogP contribution in [0.1, 0.15) is 41.3 Å². The number of imidazole rings is 1. The first-order valence-electron chi connectivity index (χ1n) is 8.44. The third-order valence-electron chi connectivity index (χ3n) is 4.51. The van der Waals surface area contributed by atoms with Crippen molar-refractivity contribution in [3.05, 3.63) is 75.6 Å². The molecule has 4 rings (SSSR count). The van der Waals surface area contributed by atoms with Gasteiger partial charge < -0.3 is 0 Å². The summed E-state index contributed by atoms with van der Waals surface area (Å²) in [4.78, 5) is 12.1. The van der Waals surface area contributed by atoms with Gasteiger partial charge in [0, 0.05) is 11.8 Å². The average Bonchev–Trinajstić information content (AvgIpc) is 2.96. The molecule has 2 aromatic heterocycles. The first kappa shape index (κ1) is 19.5. The molecule has 0 radical (unpaired) electrons. The molecule has 3 aromatic rings. The Bertz CT molecular complexity index is 1150. The number of rotatable bonds is 1. The second-order valence-corrected chi connectivity index (χ2v) is 6.92. The van der Waals surface area contributed by atoms with Crippen molar-refractivity contribution in [1.82, 2.24) is 14.5 Å². The molecule has 3 heterocycles. The number of pyridine rings is 1. The van der Waals surface area contributed by atoms with Crippen molar-refractivity contribution in [1.29, 1.82) is 0 Å². The smallest absolute Gasteiger partial charge is 0.299 e. The van der Waals surface area contributed by atoms with Gasteiger partial charge in [0.2, 0.25) is 0 Å². The number of hydrogen-bond donors (Lipinski definition) is 0. The zero-order valence-corrected chi connectivity index (χ0v) is 15.8. The van der Waals surface area contributed by atoms with Gasteiger partial charge in [-0.2, -0.15) is 13.2 Å². The van der Waals surface area contributed by atoms with Crippen LogP contribution in [-0.2, 0) is 6.18 Å². The van der Waals surface area contributed by atoms with Crippen molar-refractivity contribution in [2.75, 3.05) is 0 Å². The van der Waals surface area contributed by atoms with Crippen molar-refractivity contribution < 1.29 is 22.0 Å². The molecule has 29 heavy (non-hydrogen) atoms. The topological polar surface area (TPSA) is 43.1 Å². The SMILES string of the molecule is Cc1cn2c(n1)[C@H](C)N=C(c1c(F)cccc1F)c1c-2cnc(C(F)(F)F)c1Cl. The Labute approximate surface area is 166 Å². The summed E-state index contributed by atoms with van der Waals surface area (Å²) < 4.78 is 70.9. The normalized spacial score (nSPS) is 16.1. The van der Waals surface area contributed by atoms with Crippen LogP contribution in [0.5, 0.6) is 0 Å². The molecule has 0 N–H and O–H groups in total. The number of aliphatic imine (C=N–C) groups is 1. The Morgan fingerprint density at radius 1 is 1.10 bits per heavy atom. The molecule has 150 valence electrons. The molecular formula is C19H12ClF5N4. The van der Waals surface area contributed by atoms with E-state index in [0.717, 1.165) is 24.4 Å². The van der Waals surface area contributed by atoms with Gasteiger partial charge in [0.25, 0.3) is 0 Å². The first-order chi connectivity index (χ1) is 13.6. The second-order valence-electron chi connectivity index (χ2n) is 6.54. The van der Waals surface area contributed by atoms with Crippen LogP contribution in [0.25, 0.3) is 5.69 Å². The third kappa shape index (κ3) is 3.09. The Morgan fingerprint density at radius 3 is 2.38 bits per heavy atom. The lowest BCUT2D eigenvalue weighted by Gasteiger charge is -2.17. The van der Waals surface area contributed by atoms with E-state index in [1.54, 1.807) is 20.0 Å². The Morgan fingerprint density at radius 2 is 1.76 bits per heavy atom. The number of hydrogen-bond acceptors (Lipinski definition) is 3. The maximum absolute atomic E-state index is 14.5. The minimum absolute atomic E-state index is 0.101. The van der Waals surface area contributed by atoms with Crippen molar-refractivity contribution in [3.8, 4) is 5.69 Å². The van der Waals surface area contributed by atoms with Gasteiger partial charge >= 0.3 is 6.18 Å². The third-order valence-corrected chi connectivity index (χ3v) is 4.88. The molecule has 0 unspecified atom stereocenters. The van der Waals surface area contributed by atoms with E-state index < -0.39 is 40.1 Å². The largest absolute Gasteiger partial charge is 0.434 e. The molecule has 0 aliphatic carbocycles. The van der Waals surface area contributed by atoms with Crippen molar-refractivity contribution in [2.45, 2.75) is 26.1 Å². The summed E-state index contributed by atoms with van der Waals surface area (Å²) in [6.45, 7) is 3.32. The summed E-state index contributed by atoms with van der Waals surface area (Å²) in [5.74, 6) is -1.56. The van der Waals surface area contributed by atoms with Gasteiger partial charge in [-0.25, -0.2) is 18.7 Å². The van der Waals surface area contributed by atoms with Crippen LogP contribution < -0.4 is 0 Å². The maximum Gasteiger partial charge on any atom is 0.434 e. The fraction of sp³-hybridized carbons (Fsp3) is 0.211. The van der Waals surface area contributed by atoms with Gasteiger partial charge in [0.1, 0.15) is 23.5 Å². The summed E-state index contributed by atoms with van der Waals surface area (Å²) in [5.41, 5.74) is -1.83. The van der Waals surface area contributed by atoms with Gasteiger partial charge in [0.15, 0.2) is 5.69 Å². The van der Waals surface area contributed by atoms with E-state index in [2.05, 4.69) is 15.0 Å². The second kappa shape index (κ2) is 6.62. The van der Waals surface area contributed by atoms with Gasteiger partial charge in [-0.05, 0) is 26.0 Å². The lowest BCUT2D eigenvalue weighted by Crippen LogP contribution is -2.17. The molecule has 1 aliphatic heterocycles. The van der Waals surface area contributed by atoms with Gasteiger partial charge in [-0.15, -0.1) is 0 Å². The number of fused-ring (bicyclic) bond motifs is 3. The quantitative estimate of drug-likeness (QED) is 0.486. The molecule has 1 aromatic carbocycles. The number of nitrogens with zero attached hydrogens (tertiary/aromatic N) is 4. The summed E-state index contributed by atoms with van der Waals surface area (Å²) >= 11 is 6.11. The van der Waals surface area contributed by atoms with Gasteiger partial charge in [0.05, 0.1) is 33.9 Å². The number of aromatic nitrogens is 3. The van der Waals surface area contributed by atoms with Crippen LogP contribution in [-0.4, -0.2) is 20.2 Å². The number of halogens is 6. The molecule has 0 bridgehead atoms. The van der Waals surface area contributed by atoms with Crippen molar-refractivity contribution in [2.24, 2.45) is 4.99 Å². The van der Waals surface area contributed by atoms with Crippen LogP contribution in [0, 0.1) is 18.6 Å². The first-order valence-corrected chi connectivity index (χ1v) is 8.82. The highest BCUT2D eigenvalue weighted by atomic mass is 35.5. The standard InChI is InChI=1S/C19H12ClF5N4/c1-8-7-29-12-6-26-17(19(23,24)25)15(20)14(12)16(28-9(2)18(29)27-8)13-10(21)4-3-5-11(13)22/h3-7,9H,1-2H3/t9-/m0/s1. The highest BCUT2D eigenvalue weighted by Gasteiger charge is 2.39. The Kier molecular flexibility index (Phi) is 4.45. The predicted octanol–water partition coefficient (Wildman–Crippen LogP) is 5.44. The van der Waals surface area contributed by atoms with E-state index in [0.29, 0.717) is 11.5 Å². The highest BCUT2D eigenvalue weighted by Crippen LogP contribution is 2.40. The summed E-state index contributed by atoms with van der Waals surface area (Å²) in [5, 5.41) is -0.789. The van der Waals surface area contributed by atoms with E-state index >= 15 is 0 Å². The van der Waals surface area contributed by atoms with Crippen LogP contribution in [0.3, 0.4) is 0 Å². The molecule has 4 nitrogen and oxygen atoms in total. The summed E-state index contributed by atoms with van der Waals surface area (Å²) in [6.07, 6.45) is -2.33. The molecule has 1 aliphatic rings. The predicted molar refractivity (Wildman–Crippen MR) is 96.5 cm³/mol. The monoisotopic (exact) mass is 426 g/mol. The zero-order valence-electron chi connectivity index (χ0n) is 15.0. The van der Waals surface area contributed by atoms with E-state index in [4.69, 9.17) is 11.6 Å². The van der Waals surface area contributed by atoms with E-state index in [-0.39, 0.29) is 17.0 Å². The zero-order chi connectivity index (χ0) is 21.1. The average molecular weight is 427 g/mol. The van der Waals surface area contributed by atoms with Crippen molar-refractivity contribution in [3.63, 3.8) is 0 Å². The summed E-state index contributed by atoms with van der Waals surface area (Å²) in [6, 6.07) is 2.44. The van der Waals surface area contributed by atoms with Crippen LogP contribution >= 0.6 is 11.6 Å². The van der Waals surface area contributed by atoms with Crippen LogP contribution in [0.2, 0.25) is 5.02 Å².